The summed E-state index contributed by atoms with van der Waals surface area (Å²) >= 11 is 0. The van der Waals surface area contributed by atoms with Crippen LogP contribution < -0.4 is 14.8 Å². The van der Waals surface area contributed by atoms with Gasteiger partial charge in [0.2, 0.25) is 5.91 Å². The summed E-state index contributed by atoms with van der Waals surface area (Å²) in [5.41, 5.74) is 5.04. The quantitative estimate of drug-likeness (QED) is 0.523. The Morgan fingerprint density at radius 1 is 1.19 bits per heavy atom. The van der Waals surface area contributed by atoms with Gasteiger partial charge in [0.1, 0.15) is 0 Å². The molecule has 0 bridgehead atoms. The maximum Gasteiger partial charge on any atom is 0.220 e. The van der Waals surface area contributed by atoms with Crippen molar-refractivity contribution in [3.05, 3.63) is 71.0 Å². The van der Waals surface area contributed by atoms with E-state index >= 15 is 0 Å². The van der Waals surface area contributed by atoms with E-state index in [1.165, 1.54) is 18.4 Å². The fourth-order valence-corrected chi connectivity index (χ4v) is 3.98. The van der Waals surface area contributed by atoms with E-state index in [-0.39, 0.29) is 5.91 Å². The SMILES string of the molecule is COc1cc(C#N)ccc1OCCCC(=O)NCc1nn(-c2ccccc2)c2c1CCC2. The molecule has 0 saturated carbocycles. The average Bonchev–Trinajstić information content (AvgIpc) is 3.44. The molecule has 1 aliphatic carbocycles. The predicted octanol–water partition coefficient (Wildman–Crippen LogP) is 3.72. The number of hydrogen-bond acceptors (Lipinski definition) is 5. The van der Waals surface area contributed by atoms with Crippen LogP contribution in [0.2, 0.25) is 0 Å². The Morgan fingerprint density at radius 3 is 2.81 bits per heavy atom. The summed E-state index contributed by atoms with van der Waals surface area (Å²) in [6, 6.07) is 17.2. The highest BCUT2D eigenvalue weighted by molar-refractivity contribution is 5.75. The summed E-state index contributed by atoms with van der Waals surface area (Å²) in [6.45, 7) is 0.818. The highest BCUT2D eigenvalue weighted by Gasteiger charge is 2.23. The van der Waals surface area contributed by atoms with Crippen LogP contribution in [0, 0.1) is 11.3 Å². The van der Waals surface area contributed by atoms with E-state index in [0.717, 1.165) is 30.6 Å². The van der Waals surface area contributed by atoms with Crippen molar-refractivity contribution in [2.24, 2.45) is 0 Å². The summed E-state index contributed by atoms with van der Waals surface area (Å²) < 4.78 is 13.0. The second-order valence-electron chi connectivity index (χ2n) is 7.68. The van der Waals surface area contributed by atoms with Gasteiger partial charge in [-0.05, 0) is 55.5 Å². The summed E-state index contributed by atoms with van der Waals surface area (Å²) in [6.07, 6.45) is 4.08. The van der Waals surface area contributed by atoms with Gasteiger partial charge in [-0.1, -0.05) is 18.2 Å². The molecule has 0 unspecified atom stereocenters. The molecule has 164 valence electrons. The van der Waals surface area contributed by atoms with Gasteiger partial charge in [0.05, 0.1) is 43.3 Å². The number of para-hydroxylation sites is 1. The topological polar surface area (TPSA) is 89.2 Å². The summed E-state index contributed by atoms with van der Waals surface area (Å²) in [5.74, 6) is 1.05. The van der Waals surface area contributed by atoms with Crippen molar-refractivity contribution < 1.29 is 14.3 Å². The van der Waals surface area contributed by atoms with Crippen molar-refractivity contribution in [2.45, 2.75) is 38.6 Å². The highest BCUT2D eigenvalue weighted by atomic mass is 16.5. The van der Waals surface area contributed by atoms with Crippen molar-refractivity contribution in [3.8, 4) is 23.3 Å². The number of nitriles is 1. The minimum Gasteiger partial charge on any atom is -0.493 e. The third-order valence-electron chi connectivity index (χ3n) is 5.57. The number of aromatic nitrogens is 2. The lowest BCUT2D eigenvalue weighted by Crippen LogP contribution is -2.23. The minimum atomic E-state index is -0.0265. The van der Waals surface area contributed by atoms with Gasteiger partial charge >= 0.3 is 0 Å². The van der Waals surface area contributed by atoms with Gasteiger partial charge in [-0.2, -0.15) is 10.4 Å². The Balaban J connectivity index is 1.28. The number of nitrogens with one attached hydrogen (secondary N) is 1. The number of ether oxygens (including phenoxy) is 2. The number of amides is 1. The first-order valence-electron chi connectivity index (χ1n) is 10.8. The number of nitrogens with zero attached hydrogens (tertiary/aromatic N) is 3. The monoisotopic (exact) mass is 430 g/mol. The van der Waals surface area contributed by atoms with E-state index in [4.69, 9.17) is 19.8 Å². The molecule has 2 aromatic carbocycles. The number of hydrogen-bond donors (Lipinski definition) is 1. The molecular weight excluding hydrogens is 404 g/mol. The van der Waals surface area contributed by atoms with Gasteiger partial charge < -0.3 is 14.8 Å². The van der Waals surface area contributed by atoms with Gasteiger partial charge in [-0.3, -0.25) is 4.79 Å². The lowest BCUT2D eigenvalue weighted by atomic mass is 10.2. The number of benzene rings is 2. The molecule has 4 rings (SSSR count). The van der Waals surface area contributed by atoms with Gasteiger partial charge in [0.15, 0.2) is 11.5 Å². The Bertz CT molecular complexity index is 1130. The Labute approximate surface area is 187 Å². The Kier molecular flexibility index (Phi) is 6.71. The lowest BCUT2D eigenvalue weighted by molar-refractivity contribution is -0.121. The zero-order valence-electron chi connectivity index (χ0n) is 18.1. The second-order valence-corrected chi connectivity index (χ2v) is 7.68. The Hall–Kier alpha value is -3.79. The molecule has 0 spiro atoms. The first kappa shape index (κ1) is 21.4. The molecule has 1 amide bonds. The molecule has 0 saturated heterocycles. The average molecular weight is 431 g/mol. The van der Waals surface area contributed by atoms with Crippen LogP contribution in [0.3, 0.4) is 0 Å². The zero-order valence-corrected chi connectivity index (χ0v) is 18.1. The van der Waals surface area contributed by atoms with Crippen LogP contribution in [0.5, 0.6) is 11.5 Å². The Morgan fingerprint density at radius 2 is 2.03 bits per heavy atom. The smallest absolute Gasteiger partial charge is 0.220 e. The molecule has 1 N–H and O–H groups in total. The molecule has 1 heterocycles. The first-order chi connectivity index (χ1) is 15.7. The summed E-state index contributed by atoms with van der Waals surface area (Å²) in [7, 11) is 1.53. The molecular formula is C25H26N4O3. The maximum atomic E-state index is 12.3. The molecule has 1 aliphatic rings. The van der Waals surface area contributed by atoms with Gasteiger partial charge in [0, 0.05) is 18.2 Å². The first-order valence-corrected chi connectivity index (χ1v) is 10.8. The second kappa shape index (κ2) is 10.0. The highest BCUT2D eigenvalue weighted by Crippen LogP contribution is 2.29. The predicted molar refractivity (Wildman–Crippen MR) is 120 cm³/mol. The normalized spacial score (nSPS) is 12.1. The molecule has 0 atom stereocenters. The van der Waals surface area contributed by atoms with Crippen molar-refractivity contribution in [2.75, 3.05) is 13.7 Å². The van der Waals surface area contributed by atoms with E-state index < -0.39 is 0 Å². The zero-order chi connectivity index (χ0) is 22.3. The molecule has 0 radical (unpaired) electrons. The van der Waals surface area contributed by atoms with Crippen LogP contribution in [0.4, 0.5) is 0 Å². The van der Waals surface area contributed by atoms with Gasteiger partial charge in [0.25, 0.3) is 0 Å². The lowest BCUT2D eigenvalue weighted by Gasteiger charge is -2.11. The molecule has 0 fully saturated rings. The van der Waals surface area contributed by atoms with Crippen LogP contribution in [0.15, 0.2) is 48.5 Å². The number of rotatable bonds is 9. The van der Waals surface area contributed by atoms with E-state index in [1.807, 2.05) is 22.9 Å². The fraction of sp³-hybridized carbons (Fsp3) is 0.320. The minimum absolute atomic E-state index is 0.0265. The molecule has 7 nitrogen and oxygen atoms in total. The van der Waals surface area contributed by atoms with E-state index in [0.29, 0.717) is 43.1 Å². The van der Waals surface area contributed by atoms with E-state index in [1.54, 1.807) is 18.2 Å². The molecule has 0 aliphatic heterocycles. The number of carbonyl (C=O) groups excluding carboxylic acids is 1. The van der Waals surface area contributed by atoms with Gasteiger partial charge in [-0.15, -0.1) is 0 Å². The largest absolute Gasteiger partial charge is 0.493 e. The van der Waals surface area contributed by atoms with Crippen molar-refractivity contribution in [1.29, 1.82) is 5.26 Å². The van der Waals surface area contributed by atoms with Crippen LogP contribution in [-0.2, 0) is 24.2 Å². The summed E-state index contributed by atoms with van der Waals surface area (Å²) in [5, 5.41) is 16.8. The maximum absolute atomic E-state index is 12.3. The van der Waals surface area contributed by atoms with E-state index in [9.17, 15) is 4.79 Å². The van der Waals surface area contributed by atoms with Crippen molar-refractivity contribution in [3.63, 3.8) is 0 Å². The van der Waals surface area contributed by atoms with Crippen LogP contribution >= 0.6 is 0 Å². The summed E-state index contributed by atoms with van der Waals surface area (Å²) in [4.78, 5) is 12.3. The van der Waals surface area contributed by atoms with E-state index in [2.05, 4.69) is 23.5 Å². The number of methoxy groups -OCH3 is 1. The van der Waals surface area contributed by atoms with Crippen molar-refractivity contribution in [1.82, 2.24) is 15.1 Å². The third-order valence-corrected chi connectivity index (χ3v) is 5.57. The van der Waals surface area contributed by atoms with Crippen LogP contribution in [0.1, 0.15) is 41.8 Å². The molecule has 7 heteroatoms. The van der Waals surface area contributed by atoms with Gasteiger partial charge in [-0.25, -0.2) is 4.68 Å². The number of fused-ring (bicyclic) bond motifs is 1. The standard InChI is InChI=1S/C25H26N4O3/c1-31-24-15-18(16-26)12-13-23(24)32-14-6-11-25(30)27-17-21-20-9-5-10-22(20)29(28-21)19-7-3-2-4-8-19/h2-4,7-8,12-13,15H,5-6,9-11,14,17H2,1H3,(H,27,30). The molecule has 3 aromatic rings. The van der Waals surface area contributed by atoms with Crippen molar-refractivity contribution >= 4 is 5.91 Å². The number of carbonyl (C=O) groups is 1. The van der Waals surface area contributed by atoms with Crippen LogP contribution in [-0.4, -0.2) is 29.4 Å². The molecule has 1 aromatic heterocycles. The third kappa shape index (κ3) is 4.75. The van der Waals surface area contributed by atoms with Crippen LogP contribution in [0.25, 0.3) is 5.69 Å². The molecule has 32 heavy (non-hydrogen) atoms. The fourth-order valence-electron chi connectivity index (χ4n) is 3.98.